The number of nitrogens with one attached hydrogen (secondary N) is 1. The van der Waals surface area contributed by atoms with E-state index < -0.39 is 29.5 Å². The van der Waals surface area contributed by atoms with Crippen LogP contribution < -0.4 is 5.32 Å². The Bertz CT molecular complexity index is 419. The molecule has 0 radical (unpaired) electrons. The van der Waals surface area contributed by atoms with Gasteiger partial charge in [0.15, 0.2) is 11.6 Å². The fraction of sp³-hybridized carbons (Fsp3) is 0.500. The molecule has 2 atom stereocenters. The van der Waals surface area contributed by atoms with Crippen LogP contribution in [0.15, 0.2) is 18.2 Å². The molecule has 1 aromatic rings. The summed E-state index contributed by atoms with van der Waals surface area (Å²) in [5.41, 5.74) is 0.357. The van der Waals surface area contributed by atoms with Gasteiger partial charge in [-0.3, -0.25) is 0 Å². The van der Waals surface area contributed by atoms with Crippen LogP contribution in [0.4, 0.5) is 17.6 Å². The van der Waals surface area contributed by atoms with Crippen molar-refractivity contribution in [2.24, 2.45) is 5.92 Å². The largest absolute Gasteiger partial charge is 0.309 e. The molecule has 1 aliphatic heterocycles. The Morgan fingerprint density at radius 3 is 2.53 bits per heavy atom. The monoisotopic (exact) mass is 247 g/mol. The highest BCUT2D eigenvalue weighted by molar-refractivity contribution is 5.22. The lowest BCUT2D eigenvalue weighted by molar-refractivity contribution is -0.0841. The van der Waals surface area contributed by atoms with E-state index in [-0.39, 0.29) is 13.0 Å². The number of hydrogen-bond acceptors (Lipinski definition) is 1. The summed E-state index contributed by atoms with van der Waals surface area (Å²) in [4.78, 5) is 0. The van der Waals surface area contributed by atoms with Gasteiger partial charge in [-0.15, -0.1) is 0 Å². The molecule has 0 aliphatic carbocycles. The van der Waals surface area contributed by atoms with E-state index >= 15 is 0 Å². The lowest BCUT2D eigenvalue weighted by Crippen LogP contribution is -2.45. The number of piperidine rings is 1. The molecule has 1 fully saturated rings. The molecule has 0 saturated carbocycles. The average Bonchev–Trinajstić information content (AvgIpc) is 2.26. The van der Waals surface area contributed by atoms with Crippen LogP contribution in [0.2, 0.25) is 0 Å². The van der Waals surface area contributed by atoms with Crippen LogP contribution in [0.1, 0.15) is 24.9 Å². The van der Waals surface area contributed by atoms with Crippen molar-refractivity contribution in [2.45, 2.75) is 25.3 Å². The second-order valence-electron chi connectivity index (χ2n) is 4.50. The van der Waals surface area contributed by atoms with Gasteiger partial charge in [-0.1, -0.05) is 13.0 Å². The molecule has 94 valence electrons. The lowest BCUT2D eigenvalue weighted by Gasteiger charge is -2.35. The van der Waals surface area contributed by atoms with Crippen molar-refractivity contribution in [3.8, 4) is 0 Å². The summed E-state index contributed by atoms with van der Waals surface area (Å²) in [6.45, 7) is 1.63. The SMILES string of the molecule is CC1CNC(c2ccc(F)c(F)c2)CC1(F)F. The zero-order valence-corrected chi connectivity index (χ0v) is 9.31. The Balaban J connectivity index is 2.21. The molecule has 1 heterocycles. The number of benzene rings is 1. The molecule has 0 spiro atoms. The normalized spacial score (nSPS) is 28.1. The van der Waals surface area contributed by atoms with Crippen LogP contribution in [0, 0.1) is 17.6 Å². The summed E-state index contributed by atoms with van der Waals surface area (Å²) in [6.07, 6.45) is -0.390. The van der Waals surface area contributed by atoms with Crippen molar-refractivity contribution in [1.82, 2.24) is 5.32 Å². The fourth-order valence-electron chi connectivity index (χ4n) is 1.98. The zero-order valence-electron chi connectivity index (χ0n) is 9.31. The fourth-order valence-corrected chi connectivity index (χ4v) is 1.98. The first kappa shape index (κ1) is 12.4. The molecule has 17 heavy (non-hydrogen) atoms. The van der Waals surface area contributed by atoms with Gasteiger partial charge in [0, 0.05) is 24.9 Å². The molecular formula is C12H13F4N. The lowest BCUT2D eigenvalue weighted by atomic mass is 9.88. The first-order chi connectivity index (χ1) is 7.90. The molecule has 2 unspecified atom stereocenters. The van der Waals surface area contributed by atoms with E-state index in [1.807, 2.05) is 0 Å². The second kappa shape index (κ2) is 4.29. The van der Waals surface area contributed by atoms with Gasteiger partial charge in [0.2, 0.25) is 0 Å². The predicted octanol–water partition coefficient (Wildman–Crippen LogP) is 3.27. The van der Waals surface area contributed by atoms with Crippen LogP contribution in [0.5, 0.6) is 0 Å². The number of hydrogen-bond donors (Lipinski definition) is 1. The molecule has 1 nitrogen and oxygen atoms in total. The third-order valence-electron chi connectivity index (χ3n) is 3.21. The van der Waals surface area contributed by atoms with E-state index in [2.05, 4.69) is 5.32 Å². The smallest absolute Gasteiger partial charge is 0.253 e. The molecular weight excluding hydrogens is 234 g/mol. The highest BCUT2D eigenvalue weighted by atomic mass is 19.3. The molecule has 1 N–H and O–H groups in total. The van der Waals surface area contributed by atoms with Crippen molar-refractivity contribution in [1.29, 1.82) is 0 Å². The van der Waals surface area contributed by atoms with Crippen LogP contribution in [0.3, 0.4) is 0 Å². The van der Waals surface area contributed by atoms with Crippen LogP contribution in [-0.2, 0) is 0 Å². The highest BCUT2D eigenvalue weighted by Gasteiger charge is 2.42. The second-order valence-corrected chi connectivity index (χ2v) is 4.50. The highest BCUT2D eigenvalue weighted by Crippen LogP contribution is 2.38. The van der Waals surface area contributed by atoms with E-state index in [9.17, 15) is 17.6 Å². The summed E-state index contributed by atoms with van der Waals surface area (Å²) in [5, 5.41) is 2.92. The van der Waals surface area contributed by atoms with Crippen LogP contribution in [0.25, 0.3) is 0 Å². The average molecular weight is 247 g/mol. The van der Waals surface area contributed by atoms with Crippen molar-refractivity contribution >= 4 is 0 Å². The first-order valence-corrected chi connectivity index (χ1v) is 5.46. The summed E-state index contributed by atoms with van der Waals surface area (Å²) < 4.78 is 52.8. The van der Waals surface area contributed by atoms with Crippen LogP contribution in [-0.4, -0.2) is 12.5 Å². The first-order valence-electron chi connectivity index (χ1n) is 5.46. The van der Waals surface area contributed by atoms with E-state index in [0.717, 1.165) is 12.1 Å². The maximum absolute atomic E-state index is 13.5. The van der Waals surface area contributed by atoms with Gasteiger partial charge in [0.05, 0.1) is 0 Å². The third-order valence-corrected chi connectivity index (χ3v) is 3.21. The van der Waals surface area contributed by atoms with Gasteiger partial charge in [0.1, 0.15) is 0 Å². The molecule has 1 aliphatic rings. The van der Waals surface area contributed by atoms with Crippen molar-refractivity contribution in [3.05, 3.63) is 35.4 Å². The Kier molecular flexibility index (Phi) is 3.12. The Morgan fingerprint density at radius 2 is 1.94 bits per heavy atom. The summed E-state index contributed by atoms with van der Waals surface area (Å²) >= 11 is 0. The number of rotatable bonds is 1. The Labute approximate surface area is 96.8 Å². The third kappa shape index (κ3) is 2.44. The Morgan fingerprint density at radius 1 is 1.24 bits per heavy atom. The maximum atomic E-state index is 13.5. The van der Waals surface area contributed by atoms with Gasteiger partial charge < -0.3 is 5.32 Å². The zero-order chi connectivity index (χ0) is 12.6. The van der Waals surface area contributed by atoms with Gasteiger partial charge in [-0.2, -0.15) is 0 Å². The minimum Gasteiger partial charge on any atom is -0.309 e. The molecule has 1 saturated heterocycles. The molecule has 1 aromatic carbocycles. The van der Waals surface area contributed by atoms with Gasteiger partial charge in [-0.05, 0) is 17.7 Å². The Hall–Kier alpha value is -1.10. The van der Waals surface area contributed by atoms with E-state index in [0.29, 0.717) is 5.56 Å². The van der Waals surface area contributed by atoms with Crippen molar-refractivity contribution in [3.63, 3.8) is 0 Å². The molecule has 2 rings (SSSR count). The predicted molar refractivity (Wildman–Crippen MR) is 55.8 cm³/mol. The quantitative estimate of drug-likeness (QED) is 0.751. The van der Waals surface area contributed by atoms with Gasteiger partial charge in [0.25, 0.3) is 5.92 Å². The number of alkyl halides is 2. The van der Waals surface area contributed by atoms with Crippen molar-refractivity contribution < 1.29 is 17.6 Å². The summed E-state index contributed by atoms with van der Waals surface area (Å²) in [5.74, 6) is -5.50. The number of halogens is 4. The van der Waals surface area contributed by atoms with E-state index in [4.69, 9.17) is 0 Å². The summed E-state index contributed by atoms with van der Waals surface area (Å²) in [6, 6.07) is 2.64. The van der Waals surface area contributed by atoms with E-state index in [1.165, 1.54) is 13.0 Å². The van der Waals surface area contributed by atoms with Gasteiger partial charge >= 0.3 is 0 Å². The summed E-state index contributed by atoms with van der Waals surface area (Å²) in [7, 11) is 0. The molecule has 0 aromatic heterocycles. The van der Waals surface area contributed by atoms with Crippen molar-refractivity contribution in [2.75, 3.05) is 6.54 Å². The minimum atomic E-state index is -2.78. The molecule has 0 bridgehead atoms. The maximum Gasteiger partial charge on any atom is 0.253 e. The standard InChI is InChI=1S/C12H13F4N/c1-7-6-17-11(5-12(7,15)16)8-2-3-9(13)10(14)4-8/h2-4,7,11,17H,5-6H2,1H3. The molecule has 5 heteroatoms. The van der Waals surface area contributed by atoms with Crippen LogP contribution >= 0.6 is 0 Å². The molecule has 0 amide bonds. The van der Waals surface area contributed by atoms with Gasteiger partial charge in [-0.25, -0.2) is 17.6 Å². The van der Waals surface area contributed by atoms with E-state index in [1.54, 1.807) is 0 Å². The topological polar surface area (TPSA) is 12.0 Å². The minimum absolute atomic E-state index is 0.163.